The molecule has 2 aliphatic rings. The van der Waals surface area contributed by atoms with E-state index in [0.717, 1.165) is 12.5 Å². The summed E-state index contributed by atoms with van der Waals surface area (Å²) < 4.78 is 9.91. The lowest BCUT2D eigenvalue weighted by Gasteiger charge is -2.17. The molecule has 3 unspecified atom stereocenters. The molecule has 1 aromatic heterocycles. The van der Waals surface area contributed by atoms with E-state index in [1.807, 2.05) is 6.21 Å². The van der Waals surface area contributed by atoms with Crippen molar-refractivity contribution in [2.24, 2.45) is 17.0 Å². The van der Waals surface area contributed by atoms with E-state index in [2.05, 4.69) is 15.2 Å². The predicted octanol–water partition coefficient (Wildman–Crippen LogP) is 1.14. The first kappa shape index (κ1) is 11.5. The summed E-state index contributed by atoms with van der Waals surface area (Å²) in [6.45, 7) is 3.87. The number of ether oxygens (including phenoxy) is 1. The fourth-order valence-corrected chi connectivity index (χ4v) is 2.67. The van der Waals surface area contributed by atoms with Gasteiger partial charge < -0.3 is 19.0 Å². The Bertz CT molecular complexity index is 432. The van der Waals surface area contributed by atoms with Gasteiger partial charge in [0, 0.05) is 31.3 Å². The summed E-state index contributed by atoms with van der Waals surface area (Å²) in [6, 6.07) is 1.69. The average molecular weight is 251 g/mol. The molecule has 98 valence electrons. The predicted molar refractivity (Wildman–Crippen MR) is 64.4 cm³/mol. The van der Waals surface area contributed by atoms with Crippen molar-refractivity contribution < 1.29 is 14.1 Å². The summed E-state index contributed by atoms with van der Waals surface area (Å²) >= 11 is 0. The molecular weight excluding hydrogens is 234 g/mol. The van der Waals surface area contributed by atoms with Crippen LogP contribution in [-0.4, -0.2) is 43.0 Å². The molecule has 0 spiro atoms. The van der Waals surface area contributed by atoms with Crippen LogP contribution in [0.5, 0.6) is 5.88 Å². The van der Waals surface area contributed by atoms with Crippen LogP contribution in [0.3, 0.4) is 0 Å². The van der Waals surface area contributed by atoms with Crippen LogP contribution in [0.4, 0.5) is 0 Å². The molecule has 1 aromatic rings. The average Bonchev–Trinajstić information content (AvgIpc) is 3.10. The number of aromatic nitrogens is 1. The Morgan fingerprint density at radius 1 is 1.61 bits per heavy atom. The zero-order chi connectivity index (χ0) is 12.4. The SMILES string of the molecule is COc1cc(CO/N=C/C2CN3CCC2C3)on1. The molecule has 3 heterocycles. The van der Waals surface area contributed by atoms with E-state index in [9.17, 15) is 0 Å². The second-order valence-electron chi connectivity index (χ2n) is 4.84. The summed E-state index contributed by atoms with van der Waals surface area (Å²) in [5.74, 6) is 2.38. The third kappa shape index (κ3) is 2.33. The number of nitrogens with zero attached hydrogens (tertiary/aromatic N) is 3. The lowest BCUT2D eigenvalue weighted by Crippen LogP contribution is -2.24. The number of fused-ring (bicyclic) bond motifs is 2. The van der Waals surface area contributed by atoms with Crippen molar-refractivity contribution >= 4 is 6.21 Å². The van der Waals surface area contributed by atoms with Crippen molar-refractivity contribution in [3.8, 4) is 5.88 Å². The zero-order valence-corrected chi connectivity index (χ0v) is 10.4. The Morgan fingerprint density at radius 3 is 3.22 bits per heavy atom. The lowest BCUT2D eigenvalue weighted by molar-refractivity contribution is 0.108. The summed E-state index contributed by atoms with van der Waals surface area (Å²) in [4.78, 5) is 7.68. The Kier molecular flexibility index (Phi) is 3.19. The number of piperidine rings is 1. The van der Waals surface area contributed by atoms with E-state index in [4.69, 9.17) is 14.1 Å². The standard InChI is InChI=1S/C12H17N3O3/c1-16-12-4-11(18-14-12)8-17-13-5-10-7-15-3-2-9(10)6-15/h4-5,9-10H,2-3,6-8H2,1H3/b13-5+. The van der Waals surface area contributed by atoms with E-state index in [0.29, 0.717) is 17.6 Å². The van der Waals surface area contributed by atoms with Gasteiger partial charge in [-0.1, -0.05) is 5.16 Å². The summed E-state index contributed by atoms with van der Waals surface area (Å²) in [6.07, 6.45) is 3.22. The summed E-state index contributed by atoms with van der Waals surface area (Å²) in [5.41, 5.74) is 0. The molecule has 2 bridgehead atoms. The molecule has 0 N–H and O–H groups in total. The highest BCUT2D eigenvalue weighted by Crippen LogP contribution is 2.31. The minimum Gasteiger partial charge on any atom is -0.479 e. The molecule has 0 aromatic carbocycles. The second kappa shape index (κ2) is 4.97. The Labute approximate surface area is 106 Å². The van der Waals surface area contributed by atoms with E-state index >= 15 is 0 Å². The van der Waals surface area contributed by atoms with E-state index in [1.54, 1.807) is 13.2 Å². The molecule has 0 radical (unpaired) electrons. The van der Waals surface area contributed by atoms with Gasteiger partial charge in [-0.25, -0.2) is 0 Å². The third-order valence-corrected chi connectivity index (χ3v) is 3.66. The normalized spacial score (nSPS) is 30.2. The van der Waals surface area contributed by atoms with Gasteiger partial charge in [0.05, 0.1) is 7.11 Å². The largest absolute Gasteiger partial charge is 0.479 e. The number of oxime groups is 1. The van der Waals surface area contributed by atoms with Crippen LogP contribution in [-0.2, 0) is 11.4 Å². The lowest BCUT2D eigenvalue weighted by atomic mass is 9.94. The molecular formula is C12H17N3O3. The van der Waals surface area contributed by atoms with Crippen molar-refractivity contribution in [3.05, 3.63) is 11.8 Å². The van der Waals surface area contributed by atoms with Crippen LogP contribution in [0.25, 0.3) is 0 Å². The minimum atomic E-state index is 0.286. The topological polar surface area (TPSA) is 60.1 Å². The van der Waals surface area contributed by atoms with Crippen molar-refractivity contribution in [3.63, 3.8) is 0 Å². The Morgan fingerprint density at radius 2 is 2.56 bits per heavy atom. The van der Waals surface area contributed by atoms with Crippen LogP contribution in [0.2, 0.25) is 0 Å². The molecule has 0 amide bonds. The van der Waals surface area contributed by atoms with Gasteiger partial charge in [-0.2, -0.15) is 0 Å². The first-order valence-corrected chi connectivity index (χ1v) is 6.22. The molecule has 0 aliphatic carbocycles. The van der Waals surface area contributed by atoms with E-state index in [1.165, 1.54) is 19.5 Å². The van der Waals surface area contributed by atoms with Crippen LogP contribution in [0, 0.1) is 11.8 Å². The van der Waals surface area contributed by atoms with Crippen molar-refractivity contribution in [2.45, 2.75) is 13.0 Å². The minimum absolute atomic E-state index is 0.286. The van der Waals surface area contributed by atoms with Gasteiger partial charge in [0.15, 0.2) is 12.4 Å². The number of rotatable bonds is 5. The molecule has 6 heteroatoms. The van der Waals surface area contributed by atoms with Crippen molar-refractivity contribution in [2.75, 3.05) is 26.7 Å². The first-order chi connectivity index (χ1) is 8.85. The molecule has 3 rings (SSSR count). The molecule has 2 saturated heterocycles. The van der Waals surface area contributed by atoms with Gasteiger partial charge in [0.2, 0.25) is 0 Å². The molecule has 6 nitrogen and oxygen atoms in total. The summed E-state index contributed by atoms with van der Waals surface area (Å²) in [7, 11) is 1.55. The smallest absolute Gasteiger partial charge is 0.254 e. The molecule has 18 heavy (non-hydrogen) atoms. The fraction of sp³-hybridized carbons (Fsp3) is 0.667. The maximum Gasteiger partial charge on any atom is 0.254 e. The van der Waals surface area contributed by atoms with Gasteiger partial charge in [-0.3, -0.25) is 0 Å². The Balaban J connectivity index is 1.44. The highest BCUT2D eigenvalue weighted by Gasteiger charge is 2.36. The van der Waals surface area contributed by atoms with Gasteiger partial charge in [0.1, 0.15) is 0 Å². The van der Waals surface area contributed by atoms with Crippen molar-refractivity contribution in [1.82, 2.24) is 10.1 Å². The van der Waals surface area contributed by atoms with Crippen molar-refractivity contribution in [1.29, 1.82) is 0 Å². The highest BCUT2D eigenvalue weighted by molar-refractivity contribution is 5.61. The van der Waals surface area contributed by atoms with Gasteiger partial charge in [0.25, 0.3) is 5.88 Å². The number of hydrogen-bond acceptors (Lipinski definition) is 6. The fourth-order valence-electron chi connectivity index (χ4n) is 2.67. The Hall–Kier alpha value is -1.56. The van der Waals surface area contributed by atoms with Gasteiger partial charge in [-0.05, 0) is 24.0 Å². The van der Waals surface area contributed by atoms with Crippen LogP contribution >= 0.6 is 0 Å². The summed E-state index contributed by atoms with van der Waals surface area (Å²) in [5, 5.41) is 7.71. The number of hydrogen-bond donors (Lipinski definition) is 0. The van der Waals surface area contributed by atoms with Gasteiger partial charge >= 0.3 is 0 Å². The molecule has 2 aliphatic heterocycles. The maximum absolute atomic E-state index is 5.21. The zero-order valence-electron chi connectivity index (χ0n) is 10.4. The van der Waals surface area contributed by atoms with Crippen LogP contribution in [0.1, 0.15) is 12.2 Å². The highest BCUT2D eigenvalue weighted by atomic mass is 16.6. The first-order valence-electron chi connectivity index (χ1n) is 6.22. The van der Waals surface area contributed by atoms with Crippen LogP contribution < -0.4 is 4.74 Å². The second-order valence-corrected chi connectivity index (χ2v) is 4.84. The molecule has 0 saturated carbocycles. The van der Waals surface area contributed by atoms with E-state index < -0.39 is 0 Å². The van der Waals surface area contributed by atoms with Crippen LogP contribution in [0.15, 0.2) is 15.7 Å². The molecule has 2 fully saturated rings. The van der Waals surface area contributed by atoms with Gasteiger partial charge in [-0.15, -0.1) is 0 Å². The van der Waals surface area contributed by atoms with E-state index in [-0.39, 0.29) is 6.61 Å². The molecule has 3 atom stereocenters. The number of methoxy groups -OCH3 is 1. The quantitative estimate of drug-likeness (QED) is 0.580. The maximum atomic E-state index is 5.21. The monoisotopic (exact) mass is 251 g/mol. The third-order valence-electron chi connectivity index (χ3n) is 3.66.